The SMILES string of the molecule is C.C.CCC(C)(C)C(=O)[N-]S(=O)(=O)C(F)(F)F.CCCC[Si](C)(C)O[Si](C)(C)CCCOC(=O)C(C)(C)CC.CCOCCOCCOC(=O)C(C)CC.[K+]. The van der Waals surface area contributed by atoms with Gasteiger partial charge in [0.15, 0.2) is 26.7 Å². The number of unbranched alkanes of at least 4 members (excludes halogenated alkanes) is 1. The average Bonchev–Trinajstić information content (AvgIpc) is 3.04. The Hall–Kier alpha value is 0.100. The summed E-state index contributed by atoms with van der Waals surface area (Å²) in [6, 6.07) is 2.31. The largest absolute Gasteiger partial charge is 1.00 e. The molecule has 11 nitrogen and oxygen atoms in total. The first kappa shape index (κ1) is 66.9. The summed E-state index contributed by atoms with van der Waals surface area (Å²) in [5.74, 6) is -1.53. The minimum atomic E-state index is -5.71. The molecule has 0 aliphatic heterocycles. The summed E-state index contributed by atoms with van der Waals surface area (Å²) < 4.78 is 86.1. The van der Waals surface area contributed by atoms with Gasteiger partial charge in [0.25, 0.3) is 0 Å². The average molecular weight is 882 g/mol. The molecule has 18 heteroatoms. The predicted molar refractivity (Wildman–Crippen MR) is 219 cm³/mol. The molecule has 0 aliphatic rings. The number of amides is 1. The Morgan fingerprint density at radius 3 is 1.58 bits per heavy atom. The Balaban J connectivity index is -0.000000164. The van der Waals surface area contributed by atoms with E-state index in [-0.39, 0.29) is 95.9 Å². The second kappa shape index (κ2) is 32.9. The van der Waals surface area contributed by atoms with Crippen molar-refractivity contribution in [2.24, 2.45) is 16.7 Å². The van der Waals surface area contributed by atoms with E-state index in [4.69, 9.17) is 23.1 Å². The van der Waals surface area contributed by atoms with Crippen LogP contribution in [0.5, 0.6) is 0 Å². The Morgan fingerprint density at radius 1 is 0.709 bits per heavy atom. The molecule has 0 bridgehead atoms. The first-order chi connectivity index (χ1) is 23.6. The number of hydrogen-bond acceptors (Lipinski definition) is 10. The van der Waals surface area contributed by atoms with Crippen molar-refractivity contribution in [3.05, 3.63) is 4.72 Å². The number of carbonyl (C=O) groups is 3. The number of alkyl halides is 3. The molecule has 0 saturated carbocycles. The van der Waals surface area contributed by atoms with Crippen molar-refractivity contribution >= 4 is 44.5 Å². The fraction of sp³-hybridized carbons (Fsp3) is 0.919. The van der Waals surface area contributed by atoms with Crippen LogP contribution in [0.2, 0.25) is 38.3 Å². The molecule has 0 aromatic heterocycles. The van der Waals surface area contributed by atoms with Gasteiger partial charge in [0.2, 0.25) is 0 Å². The van der Waals surface area contributed by atoms with Crippen LogP contribution in [-0.4, -0.2) is 88.0 Å². The van der Waals surface area contributed by atoms with Crippen molar-refractivity contribution in [1.82, 2.24) is 0 Å². The first-order valence-electron chi connectivity index (χ1n) is 18.4. The summed E-state index contributed by atoms with van der Waals surface area (Å²) in [7, 11) is -8.88. The molecule has 0 spiro atoms. The number of hydrogen-bond donors (Lipinski definition) is 0. The molecule has 1 amide bonds. The zero-order valence-corrected chi connectivity index (χ0v) is 41.5. The molecule has 1 atom stereocenters. The Bertz CT molecular complexity index is 1130. The summed E-state index contributed by atoms with van der Waals surface area (Å²) in [5.41, 5.74) is -7.09. The van der Waals surface area contributed by atoms with Gasteiger partial charge < -0.3 is 32.6 Å². The second-order valence-electron chi connectivity index (χ2n) is 15.0. The maximum atomic E-state index is 11.9. The van der Waals surface area contributed by atoms with E-state index in [9.17, 15) is 36.0 Å². The number of ether oxygens (including phenoxy) is 4. The number of esters is 2. The van der Waals surface area contributed by atoms with E-state index in [1.807, 2.05) is 41.5 Å². The molecule has 0 N–H and O–H groups in total. The van der Waals surface area contributed by atoms with Gasteiger partial charge in [-0.15, -0.1) is 0 Å². The number of nitrogens with zero attached hydrogens (tertiary/aromatic N) is 1. The number of carbonyl (C=O) groups excluding carboxylic acids is 3. The van der Waals surface area contributed by atoms with Crippen LogP contribution in [0.4, 0.5) is 13.2 Å². The third-order valence-electron chi connectivity index (χ3n) is 8.30. The summed E-state index contributed by atoms with van der Waals surface area (Å²) in [6.07, 6.45) is 5.25. The van der Waals surface area contributed by atoms with E-state index in [0.29, 0.717) is 39.6 Å². The summed E-state index contributed by atoms with van der Waals surface area (Å²) >= 11 is 0. The summed E-state index contributed by atoms with van der Waals surface area (Å²) in [5, 5.41) is 0. The van der Waals surface area contributed by atoms with Gasteiger partial charge in [-0.2, -0.15) is 13.2 Å². The number of rotatable bonds is 23. The van der Waals surface area contributed by atoms with Gasteiger partial charge in [-0.1, -0.05) is 76.2 Å². The molecule has 0 aromatic rings. The van der Waals surface area contributed by atoms with E-state index in [2.05, 4.69) is 37.8 Å². The first-order valence-corrected chi connectivity index (χ1v) is 26.1. The third-order valence-corrected chi connectivity index (χ3v) is 16.8. The van der Waals surface area contributed by atoms with Crippen LogP contribution in [0.1, 0.15) is 123 Å². The smallest absolute Gasteiger partial charge is 0.538 e. The maximum absolute atomic E-state index is 11.9. The van der Waals surface area contributed by atoms with Crippen molar-refractivity contribution in [3.63, 3.8) is 0 Å². The van der Waals surface area contributed by atoms with Crippen molar-refractivity contribution < 1.29 is 110 Å². The zero-order valence-electron chi connectivity index (χ0n) is 35.5. The van der Waals surface area contributed by atoms with Gasteiger partial charge in [0.05, 0.1) is 43.7 Å². The molecule has 0 aliphatic carbocycles. The van der Waals surface area contributed by atoms with Crippen LogP contribution >= 0.6 is 0 Å². The molecular formula is C37H79F3KNO10SSi2. The van der Waals surface area contributed by atoms with Crippen LogP contribution in [0.25, 0.3) is 4.72 Å². The number of sulfonamides is 1. The van der Waals surface area contributed by atoms with E-state index in [0.717, 1.165) is 25.3 Å². The van der Waals surface area contributed by atoms with Gasteiger partial charge in [0.1, 0.15) is 6.61 Å². The number of halogens is 3. The Labute approximate surface area is 379 Å². The normalized spacial score (nSPS) is 12.5. The monoisotopic (exact) mass is 881 g/mol. The topological polar surface area (TPSA) is 146 Å². The van der Waals surface area contributed by atoms with Crippen LogP contribution in [-0.2, 0) is 47.5 Å². The molecule has 55 heavy (non-hydrogen) atoms. The Morgan fingerprint density at radius 2 is 1.16 bits per heavy atom. The van der Waals surface area contributed by atoms with E-state index in [1.165, 1.54) is 32.7 Å². The van der Waals surface area contributed by atoms with E-state index >= 15 is 0 Å². The van der Waals surface area contributed by atoms with Gasteiger partial charge in [-0.3, -0.25) is 9.59 Å². The predicted octanol–water partition coefficient (Wildman–Crippen LogP) is 7.66. The fourth-order valence-electron chi connectivity index (χ4n) is 3.77. The minimum absolute atomic E-state index is 0. The van der Waals surface area contributed by atoms with Crippen molar-refractivity contribution in [2.75, 3.05) is 39.6 Å². The van der Waals surface area contributed by atoms with Crippen molar-refractivity contribution in [3.8, 4) is 0 Å². The Kier molecular flexibility index (Phi) is 40.0. The van der Waals surface area contributed by atoms with Crippen LogP contribution in [0, 0.1) is 16.7 Å². The van der Waals surface area contributed by atoms with E-state index < -0.39 is 43.5 Å². The molecule has 0 radical (unpaired) electrons. The molecule has 0 heterocycles. The van der Waals surface area contributed by atoms with Crippen molar-refractivity contribution in [1.29, 1.82) is 0 Å². The van der Waals surface area contributed by atoms with Crippen LogP contribution in [0.3, 0.4) is 0 Å². The molecule has 1 unspecified atom stereocenters. The zero-order chi connectivity index (χ0) is 41.5. The minimum Gasteiger partial charge on any atom is -0.538 e. The van der Waals surface area contributed by atoms with Crippen LogP contribution in [0.15, 0.2) is 0 Å². The summed E-state index contributed by atoms with van der Waals surface area (Å²) in [6.45, 7) is 30.5. The second-order valence-corrected chi connectivity index (χ2v) is 25.5. The summed E-state index contributed by atoms with van der Waals surface area (Å²) in [4.78, 5) is 34.3. The molecule has 0 fully saturated rings. The van der Waals surface area contributed by atoms with Gasteiger partial charge in [0, 0.05) is 12.0 Å². The van der Waals surface area contributed by atoms with Gasteiger partial charge in [-0.05, 0) is 84.7 Å². The molecule has 0 aromatic carbocycles. The maximum Gasteiger partial charge on any atom is 1.00 e. The van der Waals surface area contributed by atoms with Crippen molar-refractivity contribution in [2.45, 2.75) is 166 Å². The molecule has 0 rings (SSSR count). The van der Waals surface area contributed by atoms with E-state index in [1.54, 1.807) is 6.92 Å². The molecule has 328 valence electrons. The van der Waals surface area contributed by atoms with Gasteiger partial charge in [-0.25, -0.2) is 8.42 Å². The molecular weight excluding hydrogens is 803 g/mol. The third kappa shape index (κ3) is 33.6. The van der Waals surface area contributed by atoms with Crippen LogP contribution < -0.4 is 51.4 Å². The van der Waals surface area contributed by atoms with Gasteiger partial charge >= 0.3 is 68.8 Å². The molecule has 0 saturated heterocycles. The quantitative estimate of drug-likeness (QED) is 0.0570. The standard InChI is InChI=1S/C17H38O3Si2.C11H22O4.C7H12F3NO3S.2CH4.K/c1-9-11-14-21(5,6)20-22(7,8)15-12-13-19-16(18)17(3,4)10-2;1-4-10(3)11(12)15-9-8-14-7-6-13-5-2;1-4-6(2,3)5(12)11-15(13,14)7(8,9)10;;;/h9-15H2,1-8H3;10H,4-9H2,1-3H3;4H2,1-3H3,(H,11,12);2*1H4;/q;;;;;+1/p-1. The fourth-order valence-corrected chi connectivity index (χ4v) is 13.3.